The number of nitrogens with zero attached hydrogens (tertiary/aromatic N) is 8. The van der Waals surface area contributed by atoms with Gasteiger partial charge < -0.3 is 14.2 Å². The molecule has 2 aromatic carbocycles. The van der Waals surface area contributed by atoms with Crippen molar-refractivity contribution in [3.8, 4) is 29.1 Å². The number of fused-ring (bicyclic) bond motifs is 3. The molecule has 0 spiro atoms. The maximum atomic E-state index is 9.58. The van der Waals surface area contributed by atoms with Crippen molar-refractivity contribution in [2.45, 2.75) is 19.3 Å². The lowest BCUT2D eigenvalue weighted by molar-refractivity contribution is 0.122. The van der Waals surface area contributed by atoms with Gasteiger partial charge in [-0.2, -0.15) is 10.5 Å². The third-order valence-corrected chi connectivity index (χ3v) is 7.60. The number of rotatable bonds is 4. The molecular weight excluding hydrogens is 500 g/mol. The van der Waals surface area contributed by atoms with Gasteiger partial charge >= 0.3 is 0 Å². The number of morpholine rings is 1. The van der Waals surface area contributed by atoms with E-state index >= 15 is 0 Å². The summed E-state index contributed by atoms with van der Waals surface area (Å²) in [5, 5.41) is 20.1. The van der Waals surface area contributed by atoms with Crippen LogP contribution in [0.25, 0.3) is 38.8 Å². The molecule has 1 aliphatic rings. The Bertz CT molecular complexity index is 1880. The number of pyridine rings is 2. The Morgan fingerprint density at radius 1 is 0.925 bits per heavy atom. The molecule has 0 aliphatic carbocycles. The maximum absolute atomic E-state index is 9.58. The zero-order valence-corrected chi connectivity index (χ0v) is 22.7. The molecular formula is C31H28N8O. The van der Waals surface area contributed by atoms with Crippen LogP contribution in [0.2, 0.25) is 0 Å². The first-order valence-electron chi connectivity index (χ1n) is 13.2. The van der Waals surface area contributed by atoms with Crippen molar-refractivity contribution < 1.29 is 4.74 Å². The van der Waals surface area contributed by atoms with E-state index < -0.39 is 5.41 Å². The predicted molar refractivity (Wildman–Crippen MR) is 154 cm³/mol. The number of hydrogen-bond donors (Lipinski definition) is 0. The molecule has 0 saturated carbocycles. The van der Waals surface area contributed by atoms with Gasteiger partial charge in [0, 0.05) is 43.0 Å². The SMILES string of the molecule is Cn1c(=NC#N)n(-c2ccc(C(C)(C)C#N)cc2)c2c3cc(-c4ccc(N5CCOCC5)nc4)ccc3ncc21. The van der Waals surface area contributed by atoms with Crippen LogP contribution in [0.3, 0.4) is 0 Å². The van der Waals surface area contributed by atoms with Crippen molar-refractivity contribution in [3.05, 3.63) is 78.2 Å². The van der Waals surface area contributed by atoms with Gasteiger partial charge in [0.2, 0.25) is 11.8 Å². The number of hydrogen-bond acceptors (Lipinski definition) is 7. The Kier molecular flexibility index (Phi) is 6.30. The molecule has 9 heteroatoms. The average Bonchev–Trinajstić information content (AvgIpc) is 3.29. The van der Waals surface area contributed by atoms with E-state index in [2.05, 4.69) is 40.2 Å². The lowest BCUT2D eigenvalue weighted by atomic mass is 9.86. The van der Waals surface area contributed by atoms with Crippen LogP contribution in [0, 0.1) is 22.8 Å². The number of nitriles is 2. The van der Waals surface area contributed by atoms with Gasteiger partial charge in [-0.25, -0.2) is 4.98 Å². The van der Waals surface area contributed by atoms with Crippen molar-refractivity contribution >= 4 is 27.8 Å². The molecule has 6 rings (SSSR count). The molecule has 198 valence electrons. The van der Waals surface area contributed by atoms with Crippen LogP contribution in [0.15, 0.2) is 72.0 Å². The van der Waals surface area contributed by atoms with Crippen LogP contribution in [-0.4, -0.2) is 45.4 Å². The molecule has 4 heterocycles. The largest absolute Gasteiger partial charge is 0.378 e. The quantitative estimate of drug-likeness (QED) is 0.316. The maximum Gasteiger partial charge on any atom is 0.226 e. The van der Waals surface area contributed by atoms with E-state index in [0.29, 0.717) is 18.8 Å². The van der Waals surface area contributed by atoms with Crippen LogP contribution in [-0.2, 0) is 17.2 Å². The minimum atomic E-state index is -0.612. The van der Waals surface area contributed by atoms with Crippen LogP contribution < -0.4 is 10.5 Å². The van der Waals surface area contributed by atoms with Gasteiger partial charge in [-0.3, -0.25) is 9.55 Å². The van der Waals surface area contributed by atoms with E-state index in [-0.39, 0.29) is 0 Å². The smallest absolute Gasteiger partial charge is 0.226 e. The van der Waals surface area contributed by atoms with E-state index in [9.17, 15) is 10.5 Å². The van der Waals surface area contributed by atoms with Gasteiger partial charge in [-0.15, -0.1) is 4.99 Å². The normalized spacial score (nSPS) is 14.4. The molecule has 1 aliphatic heterocycles. The number of benzene rings is 2. The minimum absolute atomic E-state index is 0.487. The summed E-state index contributed by atoms with van der Waals surface area (Å²) in [6, 6.07) is 20.5. The number of imidazole rings is 1. The Morgan fingerprint density at radius 3 is 2.35 bits per heavy atom. The molecule has 5 aromatic rings. The summed E-state index contributed by atoms with van der Waals surface area (Å²) < 4.78 is 9.33. The average molecular weight is 529 g/mol. The molecule has 0 atom stereocenters. The zero-order chi connectivity index (χ0) is 27.9. The summed E-state index contributed by atoms with van der Waals surface area (Å²) >= 11 is 0. The van der Waals surface area contributed by atoms with E-state index in [0.717, 1.165) is 63.2 Å². The van der Waals surface area contributed by atoms with Crippen molar-refractivity contribution in [3.63, 3.8) is 0 Å². The highest BCUT2D eigenvalue weighted by Gasteiger charge is 2.21. The first-order chi connectivity index (χ1) is 19.4. The number of anilines is 1. The first-order valence-corrected chi connectivity index (χ1v) is 13.2. The standard InChI is InChI=1S/C31H28N8O/c1-31(2,19-32)23-6-8-24(9-7-23)39-29-25-16-21(22-5-11-28(35-17-22)38-12-14-40-15-13-38)4-10-26(25)34-18-27(29)37(3)30(39)36-20-33/h4-11,16-18H,12-15H2,1-3H3. The van der Waals surface area contributed by atoms with Crippen LogP contribution in [0.5, 0.6) is 0 Å². The van der Waals surface area contributed by atoms with E-state index in [1.54, 1.807) is 0 Å². The van der Waals surface area contributed by atoms with Gasteiger partial charge in [-0.1, -0.05) is 18.2 Å². The number of ether oxygens (including phenoxy) is 1. The molecule has 1 saturated heterocycles. The molecule has 0 N–H and O–H groups in total. The second-order valence-corrected chi connectivity index (χ2v) is 10.4. The Hall–Kier alpha value is -4.99. The fourth-order valence-corrected chi connectivity index (χ4v) is 5.23. The van der Waals surface area contributed by atoms with Crippen molar-refractivity contribution in [1.82, 2.24) is 19.1 Å². The third kappa shape index (κ3) is 4.27. The number of aromatic nitrogens is 4. The molecule has 0 amide bonds. The Balaban J connectivity index is 1.52. The summed E-state index contributed by atoms with van der Waals surface area (Å²) in [5.74, 6) is 0.948. The summed E-state index contributed by atoms with van der Waals surface area (Å²) in [6.45, 7) is 6.90. The van der Waals surface area contributed by atoms with Gasteiger partial charge in [0.15, 0.2) is 0 Å². The second kappa shape index (κ2) is 9.96. The third-order valence-electron chi connectivity index (χ3n) is 7.60. The lowest BCUT2D eigenvalue weighted by Gasteiger charge is -2.27. The highest BCUT2D eigenvalue weighted by molar-refractivity contribution is 6.04. The minimum Gasteiger partial charge on any atom is -0.378 e. The van der Waals surface area contributed by atoms with Crippen molar-refractivity contribution in [1.29, 1.82) is 10.5 Å². The van der Waals surface area contributed by atoms with E-state index in [1.807, 2.05) is 78.9 Å². The fourth-order valence-electron chi connectivity index (χ4n) is 5.23. The summed E-state index contributed by atoms with van der Waals surface area (Å²) in [4.78, 5) is 15.9. The molecule has 9 nitrogen and oxygen atoms in total. The molecule has 0 bridgehead atoms. The molecule has 3 aromatic heterocycles. The monoisotopic (exact) mass is 528 g/mol. The fraction of sp³-hybridized carbons (Fsp3) is 0.258. The highest BCUT2D eigenvalue weighted by Crippen LogP contribution is 2.31. The molecule has 0 unspecified atom stereocenters. The molecule has 1 fully saturated rings. The van der Waals surface area contributed by atoms with Crippen LogP contribution >= 0.6 is 0 Å². The topological polar surface area (TPSA) is 108 Å². The summed E-state index contributed by atoms with van der Waals surface area (Å²) in [5.41, 5.74) is 6.23. The van der Waals surface area contributed by atoms with Crippen LogP contribution in [0.1, 0.15) is 19.4 Å². The molecule has 0 radical (unpaired) electrons. The first kappa shape index (κ1) is 25.3. The zero-order valence-electron chi connectivity index (χ0n) is 22.7. The van der Waals surface area contributed by atoms with Crippen molar-refractivity contribution in [2.75, 3.05) is 31.2 Å². The Morgan fingerprint density at radius 2 is 1.68 bits per heavy atom. The Labute approximate surface area is 231 Å². The predicted octanol–water partition coefficient (Wildman–Crippen LogP) is 4.60. The lowest BCUT2D eigenvalue weighted by Crippen LogP contribution is -2.36. The van der Waals surface area contributed by atoms with Gasteiger partial charge in [0.1, 0.15) is 5.82 Å². The van der Waals surface area contributed by atoms with E-state index in [1.165, 1.54) is 0 Å². The van der Waals surface area contributed by atoms with Gasteiger partial charge in [0.05, 0.1) is 47.4 Å². The van der Waals surface area contributed by atoms with E-state index in [4.69, 9.17) is 14.7 Å². The van der Waals surface area contributed by atoms with Crippen LogP contribution in [0.4, 0.5) is 5.82 Å². The van der Waals surface area contributed by atoms with Crippen molar-refractivity contribution in [2.24, 2.45) is 12.0 Å². The number of aryl methyl sites for hydroxylation is 1. The van der Waals surface area contributed by atoms with Gasteiger partial charge in [-0.05, 0) is 61.4 Å². The summed E-state index contributed by atoms with van der Waals surface area (Å²) in [7, 11) is 1.88. The molecule has 40 heavy (non-hydrogen) atoms. The second-order valence-electron chi connectivity index (χ2n) is 10.4. The summed E-state index contributed by atoms with van der Waals surface area (Å²) in [6.07, 6.45) is 5.68. The van der Waals surface area contributed by atoms with Gasteiger partial charge in [0.25, 0.3) is 0 Å². The highest BCUT2D eigenvalue weighted by atomic mass is 16.5.